The van der Waals surface area contributed by atoms with Crippen molar-refractivity contribution in [1.82, 2.24) is 5.32 Å². The molecule has 0 rings (SSSR count). The van der Waals surface area contributed by atoms with E-state index in [1.165, 1.54) is 0 Å². The van der Waals surface area contributed by atoms with Gasteiger partial charge in [-0.25, -0.2) is 13.2 Å². The van der Waals surface area contributed by atoms with E-state index in [2.05, 4.69) is 5.32 Å². The minimum atomic E-state index is -3.17. The van der Waals surface area contributed by atoms with Crippen LogP contribution in [0, 0.1) is 5.41 Å². The molecule has 7 heteroatoms. The lowest BCUT2D eigenvalue weighted by atomic mass is 9.83. The quantitative estimate of drug-likeness (QED) is 0.707. The molecule has 22 heavy (non-hydrogen) atoms. The summed E-state index contributed by atoms with van der Waals surface area (Å²) in [7, 11) is -3.17. The number of carbonyl (C=O) groups is 1. The zero-order valence-corrected chi connectivity index (χ0v) is 15.4. The van der Waals surface area contributed by atoms with E-state index in [-0.39, 0.29) is 18.9 Å². The van der Waals surface area contributed by atoms with Crippen LogP contribution in [0.1, 0.15) is 54.4 Å². The molecule has 1 unspecified atom stereocenters. The highest BCUT2D eigenvalue weighted by Gasteiger charge is 2.31. The van der Waals surface area contributed by atoms with Crippen LogP contribution in [0.2, 0.25) is 0 Å². The van der Waals surface area contributed by atoms with Crippen molar-refractivity contribution in [2.75, 3.05) is 18.9 Å². The number of rotatable bonds is 8. The summed E-state index contributed by atoms with van der Waals surface area (Å²) in [5.41, 5.74) is -1.25. The molecule has 0 spiro atoms. The molecular formula is C15H31NO5S. The van der Waals surface area contributed by atoms with Gasteiger partial charge in [-0.15, -0.1) is 0 Å². The van der Waals surface area contributed by atoms with E-state index in [4.69, 9.17) is 4.74 Å². The topological polar surface area (TPSA) is 92.7 Å². The first-order chi connectivity index (χ1) is 9.87. The van der Waals surface area contributed by atoms with Gasteiger partial charge in [-0.1, -0.05) is 6.92 Å². The van der Waals surface area contributed by atoms with Crippen molar-refractivity contribution in [2.24, 2.45) is 5.41 Å². The predicted molar refractivity (Wildman–Crippen MR) is 87.6 cm³/mol. The number of alkyl carbamates (subject to hydrolysis) is 1. The maximum absolute atomic E-state index is 11.9. The van der Waals surface area contributed by atoms with Gasteiger partial charge in [-0.2, -0.15) is 0 Å². The van der Waals surface area contributed by atoms with Crippen LogP contribution >= 0.6 is 0 Å². The van der Waals surface area contributed by atoms with Crippen LogP contribution in [0.3, 0.4) is 0 Å². The van der Waals surface area contributed by atoms with Gasteiger partial charge in [0.1, 0.15) is 5.60 Å². The van der Waals surface area contributed by atoms with Gasteiger partial charge < -0.3 is 15.2 Å². The number of hydrogen-bond acceptors (Lipinski definition) is 5. The molecular weight excluding hydrogens is 306 g/mol. The molecule has 0 bridgehead atoms. The van der Waals surface area contributed by atoms with Gasteiger partial charge in [0.05, 0.1) is 17.6 Å². The molecule has 0 heterocycles. The molecule has 0 aliphatic rings. The first-order valence-corrected chi connectivity index (χ1v) is 9.38. The van der Waals surface area contributed by atoms with Crippen molar-refractivity contribution >= 4 is 15.9 Å². The Morgan fingerprint density at radius 1 is 1.27 bits per heavy atom. The molecule has 6 nitrogen and oxygen atoms in total. The number of aliphatic hydroxyl groups is 1. The molecule has 0 radical (unpaired) electrons. The van der Waals surface area contributed by atoms with E-state index in [1.54, 1.807) is 34.6 Å². The van der Waals surface area contributed by atoms with Gasteiger partial charge in [0.15, 0.2) is 9.84 Å². The smallest absolute Gasteiger partial charge is 0.407 e. The average molecular weight is 337 g/mol. The van der Waals surface area contributed by atoms with Crippen molar-refractivity contribution in [3.8, 4) is 0 Å². The molecule has 0 aliphatic heterocycles. The van der Waals surface area contributed by atoms with Gasteiger partial charge in [0.2, 0.25) is 0 Å². The molecule has 1 atom stereocenters. The second kappa shape index (κ2) is 8.15. The highest BCUT2D eigenvalue weighted by atomic mass is 32.2. The zero-order chi connectivity index (χ0) is 17.6. The van der Waals surface area contributed by atoms with E-state index >= 15 is 0 Å². The van der Waals surface area contributed by atoms with Crippen LogP contribution in [0.4, 0.5) is 4.79 Å². The standard InChI is InChI=1S/C15H31NO5S/c1-7-15(11-17,8-9-22(19,20)12(2)3)10-16-13(18)21-14(4,5)6/h12,17H,7-11H2,1-6H3,(H,16,18). The Kier molecular flexibility index (Phi) is 7.85. The van der Waals surface area contributed by atoms with Crippen molar-refractivity contribution in [1.29, 1.82) is 0 Å². The molecule has 0 aliphatic carbocycles. The Labute approximate surface area is 134 Å². The van der Waals surface area contributed by atoms with Gasteiger partial charge in [0.25, 0.3) is 0 Å². The average Bonchev–Trinajstić information content (AvgIpc) is 2.37. The second-order valence-electron chi connectivity index (χ2n) is 7.03. The van der Waals surface area contributed by atoms with Gasteiger partial charge in [-0.3, -0.25) is 0 Å². The van der Waals surface area contributed by atoms with Crippen LogP contribution in [0.15, 0.2) is 0 Å². The summed E-state index contributed by atoms with van der Waals surface area (Å²) in [4.78, 5) is 11.7. The molecule has 0 saturated carbocycles. The predicted octanol–water partition coefficient (Wildman–Crippen LogP) is 2.11. The van der Waals surface area contributed by atoms with E-state index in [0.717, 1.165) is 0 Å². The van der Waals surface area contributed by atoms with Crippen molar-refractivity contribution in [3.05, 3.63) is 0 Å². The van der Waals surface area contributed by atoms with Crippen molar-refractivity contribution in [2.45, 2.75) is 65.2 Å². The number of aliphatic hydroxyl groups excluding tert-OH is 1. The Morgan fingerprint density at radius 2 is 1.82 bits per heavy atom. The zero-order valence-electron chi connectivity index (χ0n) is 14.6. The van der Waals surface area contributed by atoms with Gasteiger partial charge in [-0.05, 0) is 47.5 Å². The van der Waals surface area contributed by atoms with Crippen LogP contribution in [0.5, 0.6) is 0 Å². The third-order valence-corrected chi connectivity index (χ3v) is 5.94. The number of sulfone groups is 1. The second-order valence-corrected chi connectivity index (χ2v) is 9.71. The third kappa shape index (κ3) is 7.45. The highest BCUT2D eigenvalue weighted by Crippen LogP contribution is 2.26. The first-order valence-electron chi connectivity index (χ1n) is 7.67. The summed E-state index contributed by atoms with van der Waals surface area (Å²) in [5.74, 6) is -0.00490. The largest absolute Gasteiger partial charge is 0.444 e. The molecule has 0 fully saturated rings. The normalized spacial score (nSPS) is 15.5. The Balaban J connectivity index is 4.73. The minimum absolute atomic E-state index is 0.00490. The summed E-state index contributed by atoms with van der Waals surface area (Å²) in [6.45, 7) is 10.4. The molecule has 0 aromatic carbocycles. The lowest BCUT2D eigenvalue weighted by molar-refractivity contribution is 0.0458. The van der Waals surface area contributed by atoms with E-state index in [1.807, 2.05) is 6.92 Å². The Hall–Kier alpha value is -0.820. The molecule has 0 aromatic heterocycles. The monoisotopic (exact) mass is 337 g/mol. The number of nitrogens with one attached hydrogen (secondary N) is 1. The molecule has 132 valence electrons. The molecule has 2 N–H and O–H groups in total. The van der Waals surface area contributed by atoms with Crippen LogP contribution in [-0.4, -0.2) is 49.4 Å². The number of carbonyl (C=O) groups excluding carboxylic acids is 1. The Morgan fingerprint density at radius 3 is 2.18 bits per heavy atom. The Bertz CT molecular complexity index is 447. The summed E-state index contributed by atoms with van der Waals surface area (Å²) in [6, 6.07) is 0. The SMILES string of the molecule is CCC(CO)(CCS(=O)(=O)C(C)C)CNC(=O)OC(C)(C)C. The summed E-state index contributed by atoms with van der Waals surface area (Å²) >= 11 is 0. The van der Waals surface area contributed by atoms with E-state index in [9.17, 15) is 18.3 Å². The number of hydrogen-bond donors (Lipinski definition) is 2. The summed E-state index contributed by atoms with van der Waals surface area (Å²) < 4.78 is 29.0. The molecule has 0 aromatic rings. The number of amides is 1. The fourth-order valence-electron chi connectivity index (χ4n) is 1.81. The third-order valence-electron chi connectivity index (χ3n) is 3.73. The maximum Gasteiger partial charge on any atom is 0.407 e. The fourth-order valence-corrected chi connectivity index (χ4v) is 2.99. The van der Waals surface area contributed by atoms with Crippen LogP contribution in [0.25, 0.3) is 0 Å². The molecule has 1 amide bonds. The van der Waals surface area contributed by atoms with Crippen molar-refractivity contribution < 1.29 is 23.1 Å². The van der Waals surface area contributed by atoms with Crippen molar-refractivity contribution in [3.63, 3.8) is 0 Å². The van der Waals surface area contributed by atoms with Gasteiger partial charge >= 0.3 is 6.09 Å². The first kappa shape index (κ1) is 21.2. The minimum Gasteiger partial charge on any atom is -0.444 e. The highest BCUT2D eigenvalue weighted by molar-refractivity contribution is 7.91. The summed E-state index contributed by atoms with van der Waals surface area (Å²) in [5, 5.41) is 11.9. The summed E-state index contributed by atoms with van der Waals surface area (Å²) in [6.07, 6.45) is 0.300. The van der Waals surface area contributed by atoms with Crippen LogP contribution in [-0.2, 0) is 14.6 Å². The van der Waals surface area contributed by atoms with Gasteiger partial charge in [0, 0.05) is 12.0 Å². The lowest BCUT2D eigenvalue weighted by Gasteiger charge is -2.31. The number of ether oxygens (including phenoxy) is 1. The molecule has 0 saturated heterocycles. The maximum atomic E-state index is 11.9. The van der Waals surface area contributed by atoms with Crippen LogP contribution < -0.4 is 5.32 Å². The van der Waals surface area contributed by atoms with E-state index < -0.39 is 32.2 Å². The van der Waals surface area contributed by atoms with E-state index in [0.29, 0.717) is 12.8 Å². The lowest BCUT2D eigenvalue weighted by Crippen LogP contribution is -2.43. The fraction of sp³-hybridized carbons (Fsp3) is 0.933.